The van der Waals surface area contributed by atoms with Crippen LogP contribution in [-0.2, 0) is 13.6 Å². The minimum absolute atomic E-state index is 0.287. The zero-order valence-corrected chi connectivity index (χ0v) is 9.51. The minimum atomic E-state index is 0.287. The Morgan fingerprint density at radius 2 is 2.18 bits per heavy atom. The molecule has 3 rings (SSSR count). The first-order valence-electron chi connectivity index (χ1n) is 5.40. The van der Waals surface area contributed by atoms with Gasteiger partial charge in [-0.25, -0.2) is 0 Å². The first-order chi connectivity index (χ1) is 8.28. The summed E-state index contributed by atoms with van der Waals surface area (Å²) in [5, 5.41) is 4.32. The Morgan fingerprint density at radius 1 is 1.35 bits per heavy atom. The lowest BCUT2D eigenvalue weighted by Crippen LogP contribution is -1.99. The normalized spacial score (nSPS) is 13.1. The number of nitrogens with two attached hydrogens (primary N) is 1. The van der Waals surface area contributed by atoms with Gasteiger partial charge in [-0.15, -0.1) is 0 Å². The molecule has 2 heterocycles. The molecule has 1 aliphatic heterocycles. The van der Waals surface area contributed by atoms with Crippen molar-refractivity contribution in [1.82, 2.24) is 9.78 Å². The van der Waals surface area contributed by atoms with E-state index in [0.717, 1.165) is 28.3 Å². The lowest BCUT2D eigenvalue weighted by atomic mass is 10.1. The number of aryl methyl sites for hydroxylation is 1. The molecule has 1 aromatic heterocycles. The summed E-state index contributed by atoms with van der Waals surface area (Å²) >= 11 is 0. The molecule has 2 N–H and O–H groups in total. The van der Waals surface area contributed by atoms with Crippen LogP contribution < -0.4 is 15.2 Å². The molecule has 0 unspecified atom stereocenters. The number of benzene rings is 1. The van der Waals surface area contributed by atoms with E-state index in [1.807, 2.05) is 31.4 Å². The highest BCUT2D eigenvalue weighted by atomic mass is 16.7. The van der Waals surface area contributed by atoms with Crippen molar-refractivity contribution >= 4 is 0 Å². The highest BCUT2D eigenvalue weighted by molar-refractivity contribution is 5.69. The minimum Gasteiger partial charge on any atom is -0.454 e. The van der Waals surface area contributed by atoms with Crippen LogP contribution in [0.5, 0.6) is 11.5 Å². The van der Waals surface area contributed by atoms with Gasteiger partial charge in [-0.3, -0.25) is 4.68 Å². The van der Waals surface area contributed by atoms with E-state index >= 15 is 0 Å². The molecular formula is C12H13N3O2. The topological polar surface area (TPSA) is 62.3 Å². The van der Waals surface area contributed by atoms with Gasteiger partial charge >= 0.3 is 0 Å². The monoisotopic (exact) mass is 231 g/mol. The number of aromatic nitrogens is 2. The van der Waals surface area contributed by atoms with Gasteiger partial charge in [-0.05, 0) is 17.7 Å². The third kappa shape index (κ3) is 1.64. The van der Waals surface area contributed by atoms with Crippen LogP contribution in [0, 0.1) is 0 Å². The van der Waals surface area contributed by atoms with Crippen LogP contribution in [0.2, 0.25) is 0 Å². The molecule has 0 amide bonds. The van der Waals surface area contributed by atoms with Crippen molar-refractivity contribution in [3.8, 4) is 22.6 Å². The third-order valence-electron chi connectivity index (χ3n) is 2.78. The average molecular weight is 231 g/mol. The van der Waals surface area contributed by atoms with Gasteiger partial charge < -0.3 is 15.2 Å². The Morgan fingerprint density at radius 3 is 3.00 bits per heavy atom. The van der Waals surface area contributed by atoms with Crippen LogP contribution in [0.4, 0.5) is 0 Å². The average Bonchev–Trinajstić information content (AvgIpc) is 2.93. The molecule has 0 saturated heterocycles. The summed E-state index contributed by atoms with van der Waals surface area (Å²) in [6.45, 7) is 0.709. The van der Waals surface area contributed by atoms with E-state index in [0.29, 0.717) is 6.54 Å². The molecule has 0 radical (unpaired) electrons. The van der Waals surface area contributed by atoms with Gasteiger partial charge in [-0.2, -0.15) is 5.10 Å². The summed E-state index contributed by atoms with van der Waals surface area (Å²) in [4.78, 5) is 0. The van der Waals surface area contributed by atoms with Crippen LogP contribution >= 0.6 is 0 Å². The molecule has 1 aliphatic rings. The highest BCUT2D eigenvalue weighted by Gasteiger charge is 2.16. The number of fused-ring (bicyclic) bond motifs is 1. The SMILES string of the molecule is Cn1cc(-c2ccc3c(c2)OCO3)c(CN)n1. The Balaban J connectivity index is 2.08. The van der Waals surface area contributed by atoms with Crippen molar-refractivity contribution < 1.29 is 9.47 Å². The Bertz CT molecular complexity index is 563. The summed E-state index contributed by atoms with van der Waals surface area (Å²) in [6, 6.07) is 5.85. The van der Waals surface area contributed by atoms with Crippen molar-refractivity contribution in [2.24, 2.45) is 12.8 Å². The molecule has 17 heavy (non-hydrogen) atoms. The Hall–Kier alpha value is -2.01. The molecule has 88 valence electrons. The fraction of sp³-hybridized carbons (Fsp3) is 0.250. The third-order valence-corrected chi connectivity index (χ3v) is 2.78. The second kappa shape index (κ2) is 3.78. The summed E-state index contributed by atoms with van der Waals surface area (Å²) in [5.74, 6) is 1.56. The van der Waals surface area contributed by atoms with Crippen molar-refractivity contribution in [3.63, 3.8) is 0 Å². The molecule has 5 nitrogen and oxygen atoms in total. The highest BCUT2D eigenvalue weighted by Crippen LogP contribution is 2.36. The summed E-state index contributed by atoms with van der Waals surface area (Å²) < 4.78 is 12.4. The second-order valence-electron chi connectivity index (χ2n) is 3.94. The van der Waals surface area contributed by atoms with Crippen molar-refractivity contribution in [3.05, 3.63) is 30.1 Å². The molecule has 1 aromatic carbocycles. The zero-order chi connectivity index (χ0) is 11.8. The summed E-state index contributed by atoms with van der Waals surface area (Å²) in [7, 11) is 1.88. The first kappa shape index (κ1) is 10.2. The van der Waals surface area contributed by atoms with E-state index in [4.69, 9.17) is 15.2 Å². The number of nitrogens with zero attached hydrogens (tertiary/aromatic N) is 2. The molecule has 0 atom stereocenters. The number of hydrogen-bond donors (Lipinski definition) is 1. The number of hydrogen-bond acceptors (Lipinski definition) is 4. The van der Waals surface area contributed by atoms with E-state index in [1.54, 1.807) is 4.68 Å². The molecule has 2 aromatic rings. The predicted molar refractivity (Wildman–Crippen MR) is 62.7 cm³/mol. The molecule has 0 saturated carbocycles. The number of ether oxygens (including phenoxy) is 2. The number of rotatable bonds is 2. The smallest absolute Gasteiger partial charge is 0.231 e. The lowest BCUT2D eigenvalue weighted by Gasteiger charge is -2.02. The van der Waals surface area contributed by atoms with Gasteiger partial charge in [0.05, 0.1) is 5.69 Å². The van der Waals surface area contributed by atoms with E-state index in [2.05, 4.69) is 5.10 Å². The van der Waals surface area contributed by atoms with Gasteiger partial charge in [0.15, 0.2) is 11.5 Å². The van der Waals surface area contributed by atoms with Crippen LogP contribution in [0.15, 0.2) is 24.4 Å². The van der Waals surface area contributed by atoms with E-state index < -0.39 is 0 Å². The Kier molecular flexibility index (Phi) is 2.26. The summed E-state index contributed by atoms with van der Waals surface area (Å²) in [6.07, 6.45) is 1.96. The maximum absolute atomic E-state index is 5.68. The van der Waals surface area contributed by atoms with Gasteiger partial charge in [0.2, 0.25) is 6.79 Å². The molecular weight excluding hydrogens is 218 g/mol. The first-order valence-corrected chi connectivity index (χ1v) is 5.40. The van der Waals surface area contributed by atoms with Crippen molar-refractivity contribution in [2.45, 2.75) is 6.54 Å². The molecule has 0 fully saturated rings. The van der Waals surface area contributed by atoms with E-state index in [9.17, 15) is 0 Å². The molecule has 0 spiro atoms. The molecule has 0 aliphatic carbocycles. The molecule has 0 bridgehead atoms. The largest absolute Gasteiger partial charge is 0.454 e. The van der Waals surface area contributed by atoms with Crippen LogP contribution in [0.3, 0.4) is 0 Å². The second-order valence-corrected chi connectivity index (χ2v) is 3.94. The quantitative estimate of drug-likeness (QED) is 0.845. The van der Waals surface area contributed by atoms with Crippen LogP contribution in [0.1, 0.15) is 5.69 Å². The molecule has 5 heteroatoms. The van der Waals surface area contributed by atoms with Gasteiger partial charge in [0.25, 0.3) is 0 Å². The zero-order valence-electron chi connectivity index (χ0n) is 9.51. The van der Waals surface area contributed by atoms with Crippen molar-refractivity contribution in [2.75, 3.05) is 6.79 Å². The van der Waals surface area contributed by atoms with Gasteiger partial charge in [0, 0.05) is 25.4 Å². The van der Waals surface area contributed by atoms with Gasteiger partial charge in [0.1, 0.15) is 0 Å². The van der Waals surface area contributed by atoms with Crippen LogP contribution in [0.25, 0.3) is 11.1 Å². The predicted octanol–water partition coefficient (Wildman–Crippen LogP) is 1.27. The lowest BCUT2D eigenvalue weighted by molar-refractivity contribution is 0.174. The maximum Gasteiger partial charge on any atom is 0.231 e. The summed E-state index contributed by atoms with van der Waals surface area (Å²) in [5.41, 5.74) is 8.64. The van der Waals surface area contributed by atoms with Crippen LogP contribution in [-0.4, -0.2) is 16.6 Å². The fourth-order valence-corrected chi connectivity index (χ4v) is 1.99. The van der Waals surface area contributed by atoms with E-state index in [1.165, 1.54) is 0 Å². The fourth-order valence-electron chi connectivity index (χ4n) is 1.99. The standard InChI is InChI=1S/C12H13N3O2/c1-15-6-9(10(5-13)14-15)8-2-3-11-12(4-8)17-7-16-11/h2-4,6H,5,7,13H2,1H3. The maximum atomic E-state index is 5.68. The Labute approximate surface area is 98.8 Å². The van der Waals surface area contributed by atoms with Crippen molar-refractivity contribution in [1.29, 1.82) is 0 Å². The van der Waals surface area contributed by atoms with Gasteiger partial charge in [-0.1, -0.05) is 6.07 Å². The van der Waals surface area contributed by atoms with E-state index in [-0.39, 0.29) is 6.79 Å².